The van der Waals surface area contributed by atoms with E-state index in [2.05, 4.69) is 69.0 Å². The first-order valence-corrected chi connectivity index (χ1v) is 10.4. The zero-order valence-electron chi connectivity index (χ0n) is 16.4. The molecule has 5 heteroatoms. The van der Waals surface area contributed by atoms with Crippen molar-refractivity contribution in [2.45, 2.75) is 19.4 Å². The van der Waals surface area contributed by atoms with Gasteiger partial charge < -0.3 is 15.5 Å². The number of fused-ring (bicyclic) bond motifs is 1. The Morgan fingerprint density at radius 1 is 0.964 bits per heavy atom. The average Bonchev–Trinajstić information content (AvgIpc) is 3.22. The number of benzene rings is 2. The summed E-state index contributed by atoms with van der Waals surface area (Å²) in [6.07, 6.45) is 2.23. The molecule has 0 bridgehead atoms. The molecular formula is C23H30N4O. The van der Waals surface area contributed by atoms with Crippen molar-refractivity contribution < 1.29 is 4.79 Å². The SMILES string of the molecule is O=C(NCCN1CCc2ccccc2C1)NC[C@H]1CCN(c2ccccc2)C1. The standard InChI is InChI=1S/C23H30N4O/c28-23(24-12-15-26-13-11-20-6-4-5-7-21(20)18-26)25-16-19-10-14-27(17-19)22-8-2-1-3-9-22/h1-9,19H,10-18H2,(H2,24,25,28)/t19-/m1/s1. The number of hydrogen-bond donors (Lipinski definition) is 2. The summed E-state index contributed by atoms with van der Waals surface area (Å²) in [4.78, 5) is 17.0. The molecule has 0 radical (unpaired) electrons. The molecule has 2 aromatic carbocycles. The molecule has 148 valence electrons. The lowest BCUT2D eigenvalue weighted by molar-refractivity contribution is 0.229. The van der Waals surface area contributed by atoms with E-state index in [1.807, 2.05) is 6.07 Å². The van der Waals surface area contributed by atoms with Crippen LogP contribution in [0.15, 0.2) is 54.6 Å². The van der Waals surface area contributed by atoms with Crippen molar-refractivity contribution in [3.63, 3.8) is 0 Å². The molecule has 0 spiro atoms. The summed E-state index contributed by atoms with van der Waals surface area (Å²) in [6.45, 7) is 6.45. The molecule has 0 aromatic heterocycles. The van der Waals surface area contributed by atoms with E-state index in [0.717, 1.165) is 52.1 Å². The Hall–Kier alpha value is -2.53. The summed E-state index contributed by atoms with van der Waals surface area (Å²) >= 11 is 0. The maximum absolute atomic E-state index is 12.1. The van der Waals surface area contributed by atoms with Crippen LogP contribution in [0, 0.1) is 5.92 Å². The van der Waals surface area contributed by atoms with Gasteiger partial charge in [0.15, 0.2) is 0 Å². The normalized spacial score (nSPS) is 19.3. The van der Waals surface area contributed by atoms with Gasteiger partial charge in [-0.05, 0) is 42.0 Å². The number of nitrogens with zero attached hydrogens (tertiary/aromatic N) is 2. The molecule has 1 atom stereocenters. The van der Waals surface area contributed by atoms with Crippen molar-refractivity contribution in [2.75, 3.05) is 44.2 Å². The van der Waals surface area contributed by atoms with Crippen molar-refractivity contribution in [3.05, 3.63) is 65.7 Å². The van der Waals surface area contributed by atoms with Crippen LogP contribution < -0.4 is 15.5 Å². The maximum atomic E-state index is 12.1. The first-order chi connectivity index (χ1) is 13.8. The van der Waals surface area contributed by atoms with E-state index in [1.54, 1.807) is 0 Å². The van der Waals surface area contributed by atoms with E-state index in [0.29, 0.717) is 12.5 Å². The highest BCUT2D eigenvalue weighted by atomic mass is 16.2. The van der Waals surface area contributed by atoms with Crippen LogP contribution in [0.3, 0.4) is 0 Å². The second kappa shape index (κ2) is 9.11. The number of rotatable bonds is 6. The minimum absolute atomic E-state index is 0.0458. The molecule has 2 amide bonds. The second-order valence-corrected chi connectivity index (χ2v) is 7.87. The minimum atomic E-state index is -0.0458. The van der Waals surface area contributed by atoms with E-state index in [-0.39, 0.29) is 6.03 Å². The van der Waals surface area contributed by atoms with E-state index in [9.17, 15) is 4.79 Å². The molecule has 5 nitrogen and oxygen atoms in total. The van der Waals surface area contributed by atoms with Gasteiger partial charge in [-0.3, -0.25) is 4.90 Å². The smallest absolute Gasteiger partial charge is 0.314 e. The van der Waals surface area contributed by atoms with Gasteiger partial charge in [0.25, 0.3) is 0 Å². The van der Waals surface area contributed by atoms with Crippen LogP contribution in [0.4, 0.5) is 10.5 Å². The van der Waals surface area contributed by atoms with Crippen molar-refractivity contribution >= 4 is 11.7 Å². The molecule has 0 aliphatic carbocycles. The average molecular weight is 379 g/mol. The molecule has 2 aliphatic heterocycles. The summed E-state index contributed by atoms with van der Waals surface area (Å²) < 4.78 is 0. The molecule has 28 heavy (non-hydrogen) atoms. The van der Waals surface area contributed by atoms with Crippen LogP contribution in [-0.2, 0) is 13.0 Å². The molecule has 2 aromatic rings. The van der Waals surface area contributed by atoms with Crippen LogP contribution in [0.5, 0.6) is 0 Å². The highest BCUT2D eigenvalue weighted by molar-refractivity contribution is 5.73. The summed E-state index contributed by atoms with van der Waals surface area (Å²) in [5, 5.41) is 6.07. The Morgan fingerprint density at radius 2 is 1.75 bits per heavy atom. The first-order valence-electron chi connectivity index (χ1n) is 10.4. The maximum Gasteiger partial charge on any atom is 0.314 e. The van der Waals surface area contributed by atoms with Gasteiger partial charge in [0.05, 0.1) is 0 Å². The number of nitrogens with one attached hydrogen (secondary N) is 2. The van der Waals surface area contributed by atoms with Crippen molar-refractivity contribution in [2.24, 2.45) is 5.92 Å². The molecular weight excluding hydrogens is 348 g/mol. The van der Waals surface area contributed by atoms with Crippen molar-refractivity contribution in [3.8, 4) is 0 Å². The second-order valence-electron chi connectivity index (χ2n) is 7.87. The lowest BCUT2D eigenvalue weighted by atomic mass is 10.00. The summed E-state index contributed by atoms with van der Waals surface area (Å²) in [7, 11) is 0. The molecule has 1 fully saturated rings. The summed E-state index contributed by atoms with van der Waals surface area (Å²) in [6, 6.07) is 19.1. The van der Waals surface area contributed by atoms with Crippen molar-refractivity contribution in [1.29, 1.82) is 0 Å². The number of carbonyl (C=O) groups excluding carboxylic acids is 1. The Labute approximate surface area is 167 Å². The van der Waals surface area contributed by atoms with Crippen LogP contribution >= 0.6 is 0 Å². The van der Waals surface area contributed by atoms with E-state index < -0.39 is 0 Å². The predicted molar refractivity (Wildman–Crippen MR) is 114 cm³/mol. The number of urea groups is 1. The molecule has 2 N–H and O–H groups in total. The molecule has 1 saturated heterocycles. The first kappa shape index (κ1) is 18.8. The highest BCUT2D eigenvalue weighted by Crippen LogP contribution is 2.23. The molecule has 4 rings (SSSR count). The van der Waals surface area contributed by atoms with Crippen molar-refractivity contribution in [1.82, 2.24) is 15.5 Å². The largest absolute Gasteiger partial charge is 0.371 e. The van der Waals surface area contributed by atoms with Gasteiger partial charge in [-0.2, -0.15) is 0 Å². The zero-order valence-corrected chi connectivity index (χ0v) is 16.4. The summed E-state index contributed by atoms with van der Waals surface area (Å²) in [5.41, 5.74) is 4.16. The van der Waals surface area contributed by atoms with Gasteiger partial charge in [0, 0.05) is 51.5 Å². The Balaban J connectivity index is 1.12. The third-order valence-electron chi connectivity index (χ3n) is 5.88. The lowest BCUT2D eigenvalue weighted by Crippen LogP contribution is -2.43. The predicted octanol–water partition coefficient (Wildman–Crippen LogP) is 2.87. The molecule has 0 unspecified atom stereocenters. The van der Waals surface area contributed by atoms with Gasteiger partial charge >= 0.3 is 6.03 Å². The third-order valence-corrected chi connectivity index (χ3v) is 5.88. The topological polar surface area (TPSA) is 47.6 Å². The van der Waals surface area contributed by atoms with Crippen LogP contribution in [-0.4, -0.2) is 50.2 Å². The monoisotopic (exact) mass is 378 g/mol. The van der Waals surface area contributed by atoms with Gasteiger partial charge in [0.2, 0.25) is 0 Å². The summed E-state index contributed by atoms with van der Waals surface area (Å²) in [5.74, 6) is 0.518. The number of carbonyl (C=O) groups is 1. The number of anilines is 1. The highest BCUT2D eigenvalue weighted by Gasteiger charge is 2.23. The third kappa shape index (κ3) is 4.84. The fourth-order valence-corrected chi connectivity index (χ4v) is 4.24. The lowest BCUT2D eigenvalue weighted by Gasteiger charge is -2.28. The number of hydrogen-bond acceptors (Lipinski definition) is 3. The van der Waals surface area contributed by atoms with Gasteiger partial charge in [-0.1, -0.05) is 42.5 Å². The van der Waals surface area contributed by atoms with E-state index in [1.165, 1.54) is 16.8 Å². The zero-order chi connectivity index (χ0) is 19.2. The number of para-hydroxylation sites is 1. The quantitative estimate of drug-likeness (QED) is 0.813. The fourth-order valence-electron chi connectivity index (χ4n) is 4.24. The van der Waals surface area contributed by atoms with Gasteiger partial charge in [0.1, 0.15) is 0 Å². The number of amides is 2. The van der Waals surface area contributed by atoms with Gasteiger partial charge in [-0.25, -0.2) is 4.79 Å². The Bertz CT molecular complexity index is 779. The fraction of sp³-hybridized carbons (Fsp3) is 0.435. The Morgan fingerprint density at radius 3 is 2.61 bits per heavy atom. The van der Waals surface area contributed by atoms with E-state index >= 15 is 0 Å². The Kier molecular flexibility index (Phi) is 6.12. The van der Waals surface area contributed by atoms with Crippen LogP contribution in [0.1, 0.15) is 17.5 Å². The molecule has 2 aliphatic rings. The molecule has 0 saturated carbocycles. The van der Waals surface area contributed by atoms with Gasteiger partial charge in [-0.15, -0.1) is 0 Å². The minimum Gasteiger partial charge on any atom is -0.371 e. The molecule has 2 heterocycles. The van der Waals surface area contributed by atoms with Crippen LogP contribution in [0.25, 0.3) is 0 Å². The van der Waals surface area contributed by atoms with Crippen LogP contribution in [0.2, 0.25) is 0 Å². The van der Waals surface area contributed by atoms with E-state index in [4.69, 9.17) is 0 Å².